The second kappa shape index (κ2) is 12.7. The Labute approximate surface area is 161 Å². The third kappa shape index (κ3) is 7.35. The van der Waals surface area contributed by atoms with Gasteiger partial charge in [0.1, 0.15) is 0 Å². The predicted octanol–water partition coefficient (Wildman–Crippen LogP) is 7.22. The zero-order chi connectivity index (χ0) is 18.5. The van der Waals surface area contributed by atoms with Crippen molar-refractivity contribution in [1.82, 2.24) is 9.55 Å². The average molecular weight is 355 g/mol. The zero-order valence-electron chi connectivity index (χ0n) is 16.9. The molecule has 2 aromatic rings. The zero-order valence-corrected chi connectivity index (χ0v) is 16.9. The number of unbranched alkanes of at least 4 members (excludes halogenated alkanes) is 7. The Morgan fingerprint density at radius 3 is 2.19 bits per heavy atom. The summed E-state index contributed by atoms with van der Waals surface area (Å²) < 4.78 is 2.33. The van der Waals surface area contributed by atoms with Crippen LogP contribution in [0.25, 0.3) is 0 Å². The van der Waals surface area contributed by atoms with E-state index in [-0.39, 0.29) is 0 Å². The molecule has 2 heteroatoms. The van der Waals surface area contributed by atoms with Crippen molar-refractivity contribution >= 4 is 0 Å². The summed E-state index contributed by atoms with van der Waals surface area (Å²) in [5.41, 5.74) is 1.47. The fourth-order valence-corrected chi connectivity index (χ4v) is 4.14. The Hall–Kier alpha value is -1.57. The van der Waals surface area contributed by atoms with E-state index < -0.39 is 0 Å². The summed E-state index contributed by atoms with van der Waals surface area (Å²) in [6.07, 6.45) is 20.9. The average Bonchev–Trinajstić information content (AvgIpc) is 3.19. The quantitative estimate of drug-likeness (QED) is 0.327. The monoisotopic (exact) mass is 354 g/mol. The summed E-state index contributed by atoms with van der Waals surface area (Å²) in [5.74, 6) is 0.691. The van der Waals surface area contributed by atoms with Crippen LogP contribution in [0.15, 0.2) is 49.1 Å². The van der Waals surface area contributed by atoms with Gasteiger partial charge in [-0.05, 0) is 30.7 Å². The molecule has 2 unspecified atom stereocenters. The lowest BCUT2D eigenvalue weighted by molar-refractivity contribution is 0.290. The third-order valence-corrected chi connectivity index (χ3v) is 5.64. The van der Waals surface area contributed by atoms with Gasteiger partial charge in [0, 0.05) is 18.4 Å². The van der Waals surface area contributed by atoms with E-state index in [0.717, 1.165) is 0 Å². The van der Waals surface area contributed by atoms with Crippen molar-refractivity contribution in [2.24, 2.45) is 5.92 Å². The Morgan fingerprint density at radius 1 is 0.885 bits per heavy atom. The van der Waals surface area contributed by atoms with Gasteiger partial charge in [-0.3, -0.25) is 0 Å². The van der Waals surface area contributed by atoms with E-state index in [0.29, 0.717) is 12.0 Å². The molecule has 0 fully saturated rings. The first-order chi connectivity index (χ1) is 12.8. The molecule has 26 heavy (non-hydrogen) atoms. The van der Waals surface area contributed by atoms with Crippen molar-refractivity contribution < 1.29 is 0 Å². The van der Waals surface area contributed by atoms with Gasteiger partial charge in [0.2, 0.25) is 0 Å². The largest absolute Gasteiger partial charge is 0.334 e. The fourth-order valence-electron chi connectivity index (χ4n) is 4.14. The molecule has 0 amide bonds. The van der Waals surface area contributed by atoms with Gasteiger partial charge in [0.05, 0.1) is 6.33 Å². The van der Waals surface area contributed by atoms with Crippen molar-refractivity contribution in [2.45, 2.75) is 90.5 Å². The minimum absolute atomic E-state index is 0.558. The van der Waals surface area contributed by atoms with Gasteiger partial charge in [-0.15, -0.1) is 0 Å². The SMILES string of the molecule is CCCCCCCCCCC(Cc1ccccc1)C(CC)n1ccnc1. The Morgan fingerprint density at radius 2 is 1.58 bits per heavy atom. The van der Waals surface area contributed by atoms with Crippen molar-refractivity contribution in [3.63, 3.8) is 0 Å². The van der Waals surface area contributed by atoms with Gasteiger partial charge >= 0.3 is 0 Å². The summed E-state index contributed by atoms with van der Waals surface area (Å²) in [6, 6.07) is 11.6. The first-order valence-corrected chi connectivity index (χ1v) is 10.9. The van der Waals surface area contributed by atoms with Gasteiger partial charge in [-0.2, -0.15) is 0 Å². The smallest absolute Gasteiger partial charge is 0.0948 e. The van der Waals surface area contributed by atoms with E-state index in [2.05, 4.69) is 59.9 Å². The van der Waals surface area contributed by atoms with Crippen LogP contribution in [0, 0.1) is 5.92 Å². The van der Waals surface area contributed by atoms with Crippen LogP contribution in [-0.2, 0) is 6.42 Å². The van der Waals surface area contributed by atoms with E-state index in [1.807, 2.05) is 12.5 Å². The second-order valence-corrected chi connectivity index (χ2v) is 7.70. The summed E-state index contributed by atoms with van der Waals surface area (Å²) in [4.78, 5) is 4.29. The van der Waals surface area contributed by atoms with Crippen LogP contribution < -0.4 is 0 Å². The Bertz CT molecular complexity index is 547. The molecule has 0 spiro atoms. The fraction of sp³-hybridized carbons (Fsp3) is 0.625. The lowest BCUT2D eigenvalue weighted by Crippen LogP contribution is -2.20. The molecule has 1 aromatic carbocycles. The van der Waals surface area contributed by atoms with Crippen LogP contribution in [0.2, 0.25) is 0 Å². The normalized spacial score (nSPS) is 13.6. The van der Waals surface area contributed by atoms with Crippen LogP contribution in [-0.4, -0.2) is 9.55 Å². The molecule has 0 radical (unpaired) electrons. The number of hydrogen-bond acceptors (Lipinski definition) is 1. The highest BCUT2D eigenvalue weighted by atomic mass is 15.1. The first-order valence-electron chi connectivity index (χ1n) is 10.9. The van der Waals surface area contributed by atoms with Gasteiger partial charge in [0.15, 0.2) is 0 Å². The maximum atomic E-state index is 4.29. The van der Waals surface area contributed by atoms with Crippen LogP contribution in [0.5, 0.6) is 0 Å². The van der Waals surface area contributed by atoms with E-state index in [1.54, 1.807) is 0 Å². The maximum absolute atomic E-state index is 4.29. The molecule has 2 rings (SSSR count). The number of nitrogens with zero attached hydrogens (tertiary/aromatic N) is 2. The molecule has 0 bridgehead atoms. The Balaban J connectivity index is 1.84. The third-order valence-electron chi connectivity index (χ3n) is 5.64. The molecule has 0 aliphatic rings. The lowest BCUT2D eigenvalue weighted by atomic mass is 9.86. The molecule has 0 N–H and O–H groups in total. The summed E-state index contributed by atoms with van der Waals surface area (Å²) in [6.45, 7) is 4.60. The van der Waals surface area contributed by atoms with E-state index >= 15 is 0 Å². The van der Waals surface area contributed by atoms with E-state index in [4.69, 9.17) is 0 Å². The van der Waals surface area contributed by atoms with Crippen LogP contribution >= 0.6 is 0 Å². The molecule has 1 heterocycles. The molecule has 0 saturated carbocycles. The minimum atomic E-state index is 0.558. The minimum Gasteiger partial charge on any atom is -0.334 e. The van der Waals surface area contributed by atoms with Gasteiger partial charge < -0.3 is 4.57 Å². The number of aromatic nitrogens is 2. The van der Waals surface area contributed by atoms with Gasteiger partial charge in [0.25, 0.3) is 0 Å². The van der Waals surface area contributed by atoms with Crippen molar-refractivity contribution in [3.8, 4) is 0 Å². The molecule has 2 nitrogen and oxygen atoms in total. The first kappa shape index (κ1) is 20.7. The van der Waals surface area contributed by atoms with Crippen molar-refractivity contribution in [3.05, 3.63) is 54.6 Å². The van der Waals surface area contributed by atoms with Gasteiger partial charge in [-0.25, -0.2) is 4.98 Å². The molecule has 144 valence electrons. The number of imidazole rings is 1. The molecule has 0 aliphatic carbocycles. The molecule has 2 atom stereocenters. The number of hydrogen-bond donors (Lipinski definition) is 0. The predicted molar refractivity (Wildman–Crippen MR) is 112 cm³/mol. The van der Waals surface area contributed by atoms with Crippen LogP contribution in [0.1, 0.15) is 89.7 Å². The molecule has 1 aromatic heterocycles. The summed E-state index contributed by atoms with van der Waals surface area (Å²) in [7, 11) is 0. The molecule has 0 aliphatic heterocycles. The van der Waals surface area contributed by atoms with Crippen LogP contribution in [0.3, 0.4) is 0 Å². The topological polar surface area (TPSA) is 17.8 Å². The highest BCUT2D eigenvalue weighted by molar-refractivity contribution is 5.15. The van der Waals surface area contributed by atoms with Crippen LogP contribution in [0.4, 0.5) is 0 Å². The molecule has 0 saturated heterocycles. The summed E-state index contributed by atoms with van der Waals surface area (Å²) in [5, 5.41) is 0. The van der Waals surface area contributed by atoms with E-state index in [1.165, 1.54) is 76.2 Å². The molecular formula is C24H38N2. The lowest BCUT2D eigenvalue weighted by Gasteiger charge is -2.28. The second-order valence-electron chi connectivity index (χ2n) is 7.70. The summed E-state index contributed by atoms with van der Waals surface area (Å²) >= 11 is 0. The van der Waals surface area contributed by atoms with Crippen molar-refractivity contribution in [2.75, 3.05) is 0 Å². The number of benzene rings is 1. The van der Waals surface area contributed by atoms with Crippen molar-refractivity contribution in [1.29, 1.82) is 0 Å². The number of rotatable bonds is 14. The molecular weight excluding hydrogens is 316 g/mol. The highest BCUT2D eigenvalue weighted by Crippen LogP contribution is 2.30. The standard InChI is InChI=1S/C24H38N2/c1-3-5-6-7-8-9-10-14-17-23(20-22-15-12-11-13-16-22)24(4-2)26-19-18-25-21-26/h11-13,15-16,18-19,21,23-24H,3-10,14,17,20H2,1-2H3. The van der Waals surface area contributed by atoms with E-state index in [9.17, 15) is 0 Å². The Kier molecular flexibility index (Phi) is 10.2. The maximum Gasteiger partial charge on any atom is 0.0948 e. The highest BCUT2D eigenvalue weighted by Gasteiger charge is 2.21. The van der Waals surface area contributed by atoms with Gasteiger partial charge in [-0.1, -0.05) is 95.5 Å².